The van der Waals surface area contributed by atoms with Crippen LogP contribution in [0.25, 0.3) is 10.6 Å². The van der Waals surface area contributed by atoms with Gasteiger partial charge < -0.3 is 9.64 Å². The van der Waals surface area contributed by atoms with E-state index in [1.54, 1.807) is 26.1 Å². The molecule has 0 fully saturated rings. The van der Waals surface area contributed by atoms with Gasteiger partial charge in [0.2, 0.25) is 0 Å². The number of amides is 1. The Morgan fingerprint density at radius 2 is 1.89 bits per heavy atom. The lowest BCUT2D eigenvalue weighted by Gasteiger charge is -2.16. The molecular formula is C20H17ClN2O3S. The molecule has 3 aromatic rings. The van der Waals surface area contributed by atoms with Crippen LogP contribution in [-0.2, 0) is 9.53 Å². The van der Waals surface area contributed by atoms with Gasteiger partial charge >= 0.3 is 5.97 Å². The minimum absolute atomic E-state index is 0.313. The van der Waals surface area contributed by atoms with E-state index in [1.165, 1.54) is 16.2 Å². The Morgan fingerprint density at radius 3 is 2.59 bits per heavy atom. The van der Waals surface area contributed by atoms with E-state index in [0.29, 0.717) is 20.6 Å². The van der Waals surface area contributed by atoms with Crippen LogP contribution in [0.4, 0.5) is 5.69 Å². The van der Waals surface area contributed by atoms with E-state index in [-0.39, 0.29) is 12.5 Å². The predicted octanol–water partition coefficient (Wildman–Crippen LogP) is 4.59. The van der Waals surface area contributed by atoms with Crippen molar-refractivity contribution in [1.29, 1.82) is 0 Å². The van der Waals surface area contributed by atoms with Gasteiger partial charge in [-0.25, -0.2) is 9.78 Å². The number of para-hydroxylation sites is 1. The third-order valence-electron chi connectivity index (χ3n) is 3.90. The molecule has 1 heterocycles. The summed E-state index contributed by atoms with van der Waals surface area (Å²) in [7, 11) is 1.64. The molecule has 0 unspecified atom stereocenters. The fourth-order valence-corrected chi connectivity index (χ4v) is 3.56. The van der Waals surface area contributed by atoms with Gasteiger partial charge in [0.1, 0.15) is 9.88 Å². The van der Waals surface area contributed by atoms with Crippen molar-refractivity contribution in [3.8, 4) is 10.6 Å². The van der Waals surface area contributed by atoms with Crippen LogP contribution in [0.5, 0.6) is 0 Å². The molecule has 0 saturated heterocycles. The standard InChI is InChI=1S/C20H17ClN2O3S/c1-13-18(27-19(22-13)14-7-6-8-15(21)11-14)20(25)26-12-17(24)23(2)16-9-4-3-5-10-16/h3-11H,12H2,1-2H3. The van der Waals surface area contributed by atoms with Crippen molar-refractivity contribution in [2.45, 2.75) is 6.92 Å². The van der Waals surface area contributed by atoms with Crippen molar-refractivity contribution < 1.29 is 14.3 Å². The van der Waals surface area contributed by atoms with Crippen LogP contribution >= 0.6 is 22.9 Å². The van der Waals surface area contributed by atoms with Gasteiger partial charge in [-0.05, 0) is 31.2 Å². The van der Waals surface area contributed by atoms with E-state index < -0.39 is 5.97 Å². The Bertz CT molecular complexity index is 972. The Labute approximate surface area is 166 Å². The first-order valence-electron chi connectivity index (χ1n) is 8.18. The minimum atomic E-state index is -0.562. The van der Waals surface area contributed by atoms with Crippen molar-refractivity contribution >= 4 is 40.5 Å². The van der Waals surface area contributed by atoms with Crippen LogP contribution in [0.3, 0.4) is 0 Å². The second-order valence-electron chi connectivity index (χ2n) is 5.81. The van der Waals surface area contributed by atoms with Crippen LogP contribution in [0.2, 0.25) is 5.02 Å². The lowest BCUT2D eigenvalue weighted by Crippen LogP contribution is -2.31. The molecule has 0 bridgehead atoms. The summed E-state index contributed by atoms with van der Waals surface area (Å²) >= 11 is 7.23. The number of likely N-dealkylation sites (N-methyl/N-ethyl adjacent to an activating group) is 1. The number of hydrogen-bond donors (Lipinski definition) is 0. The van der Waals surface area contributed by atoms with Crippen molar-refractivity contribution in [2.75, 3.05) is 18.6 Å². The van der Waals surface area contributed by atoms with E-state index in [4.69, 9.17) is 16.3 Å². The summed E-state index contributed by atoms with van der Waals surface area (Å²) in [5.74, 6) is -0.875. The molecule has 0 aliphatic heterocycles. The maximum Gasteiger partial charge on any atom is 0.350 e. The largest absolute Gasteiger partial charge is 0.451 e. The molecule has 27 heavy (non-hydrogen) atoms. The second-order valence-corrected chi connectivity index (χ2v) is 7.24. The average molecular weight is 401 g/mol. The number of esters is 1. The first-order chi connectivity index (χ1) is 13.0. The zero-order valence-electron chi connectivity index (χ0n) is 14.8. The van der Waals surface area contributed by atoms with E-state index >= 15 is 0 Å². The summed E-state index contributed by atoms with van der Waals surface area (Å²) in [4.78, 5) is 30.9. The summed E-state index contributed by atoms with van der Waals surface area (Å²) in [5, 5.41) is 1.27. The number of carbonyl (C=O) groups is 2. The number of aromatic nitrogens is 1. The third kappa shape index (κ3) is 4.53. The maximum atomic E-state index is 12.4. The van der Waals surface area contributed by atoms with Crippen molar-refractivity contribution in [3.63, 3.8) is 0 Å². The van der Waals surface area contributed by atoms with Gasteiger partial charge in [0, 0.05) is 23.3 Å². The molecule has 2 aromatic carbocycles. The molecule has 1 aromatic heterocycles. The van der Waals surface area contributed by atoms with E-state index in [1.807, 2.05) is 42.5 Å². The summed E-state index contributed by atoms with van der Waals surface area (Å²) in [5.41, 5.74) is 2.12. The number of thiazole rings is 1. The number of aryl methyl sites for hydroxylation is 1. The fraction of sp³-hybridized carbons (Fsp3) is 0.150. The van der Waals surface area contributed by atoms with E-state index in [2.05, 4.69) is 4.98 Å². The smallest absolute Gasteiger partial charge is 0.350 e. The fourth-order valence-electron chi connectivity index (χ4n) is 2.42. The van der Waals surface area contributed by atoms with Crippen LogP contribution in [0.15, 0.2) is 54.6 Å². The number of rotatable bonds is 5. The monoisotopic (exact) mass is 400 g/mol. The maximum absolute atomic E-state index is 12.4. The van der Waals surface area contributed by atoms with Crippen LogP contribution < -0.4 is 4.90 Å². The number of anilines is 1. The van der Waals surface area contributed by atoms with Gasteiger partial charge in [-0.1, -0.05) is 41.9 Å². The number of ether oxygens (including phenoxy) is 1. The molecule has 138 valence electrons. The number of benzene rings is 2. The zero-order chi connectivity index (χ0) is 19.4. The topological polar surface area (TPSA) is 59.5 Å². The highest BCUT2D eigenvalue weighted by molar-refractivity contribution is 7.17. The number of carbonyl (C=O) groups excluding carboxylic acids is 2. The van der Waals surface area contributed by atoms with Crippen molar-refractivity contribution in [2.24, 2.45) is 0 Å². The van der Waals surface area contributed by atoms with Gasteiger partial charge in [-0.3, -0.25) is 4.79 Å². The second kappa shape index (κ2) is 8.33. The molecular weight excluding hydrogens is 384 g/mol. The van der Waals surface area contributed by atoms with E-state index in [9.17, 15) is 9.59 Å². The summed E-state index contributed by atoms with van der Waals surface area (Å²) in [6, 6.07) is 16.4. The lowest BCUT2D eigenvalue weighted by molar-refractivity contribution is -0.121. The summed E-state index contributed by atoms with van der Waals surface area (Å²) in [6.45, 7) is 1.40. The first-order valence-corrected chi connectivity index (χ1v) is 9.37. The molecule has 0 aliphatic rings. The molecule has 7 heteroatoms. The molecule has 0 radical (unpaired) electrons. The van der Waals surface area contributed by atoms with Crippen molar-refractivity contribution in [1.82, 2.24) is 4.98 Å². The van der Waals surface area contributed by atoms with Gasteiger partial charge in [0.25, 0.3) is 5.91 Å². The van der Waals surface area contributed by atoms with Gasteiger partial charge in [-0.2, -0.15) is 0 Å². The number of halogens is 1. The van der Waals surface area contributed by atoms with Gasteiger partial charge in [0.15, 0.2) is 6.61 Å². The van der Waals surface area contributed by atoms with Crippen LogP contribution in [0, 0.1) is 6.92 Å². The molecule has 0 spiro atoms. The average Bonchev–Trinajstić information content (AvgIpc) is 3.08. The summed E-state index contributed by atoms with van der Waals surface area (Å²) < 4.78 is 5.20. The molecule has 0 saturated carbocycles. The molecule has 3 rings (SSSR count). The molecule has 0 aliphatic carbocycles. The Hall–Kier alpha value is -2.70. The highest BCUT2D eigenvalue weighted by Gasteiger charge is 2.20. The highest BCUT2D eigenvalue weighted by atomic mass is 35.5. The van der Waals surface area contributed by atoms with Gasteiger partial charge in [0.05, 0.1) is 5.69 Å². The number of hydrogen-bond acceptors (Lipinski definition) is 5. The zero-order valence-corrected chi connectivity index (χ0v) is 16.4. The molecule has 5 nitrogen and oxygen atoms in total. The Morgan fingerprint density at radius 1 is 1.15 bits per heavy atom. The number of nitrogens with zero attached hydrogens (tertiary/aromatic N) is 2. The van der Waals surface area contributed by atoms with Gasteiger partial charge in [-0.15, -0.1) is 11.3 Å². The SMILES string of the molecule is Cc1nc(-c2cccc(Cl)c2)sc1C(=O)OCC(=O)N(C)c1ccccc1. The highest BCUT2D eigenvalue weighted by Crippen LogP contribution is 2.29. The Kier molecular flexibility index (Phi) is 5.88. The molecule has 0 atom stereocenters. The first kappa shape index (κ1) is 19.1. The van der Waals surface area contributed by atoms with E-state index in [0.717, 1.165) is 11.3 Å². The van der Waals surface area contributed by atoms with Crippen LogP contribution in [-0.4, -0.2) is 30.5 Å². The summed E-state index contributed by atoms with van der Waals surface area (Å²) in [6.07, 6.45) is 0. The van der Waals surface area contributed by atoms with Crippen molar-refractivity contribution in [3.05, 3.63) is 70.2 Å². The normalized spacial score (nSPS) is 10.5. The quantitative estimate of drug-likeness (QED) is 0.587. The lowest BCUT2D eigenvalue weighted by atomic mass is 10.2. The van der Waals surface area contributed by atoms with Crippen LogP contribution in [0.1, 0.15) is 15.4 Å². The predicted molar refractivity (Wildman–Crippen MR) is 107 cm³/mol. The Balaban J connectivity index is 1.67. The third-order valence-corrected chi connectivity index (χ3v) is 5.32. The molecule has 0 N–H and O–H groups in total. The molecule has 1 amide bonds. The minimum Gasteiger partial charge on any atom is -0.451 e.